The van der Waals surface area contributed by atoms with Gasteiger partial charge in [0.1, 0.15) is 6.29 Å². The predicted molar refractivity (Wildman–Crippen MR) is 49.9 cm³/mol. The molecule has 0 aromatic carbocycles. The summed E-state index contributed by atoms with van der Waals surface area (Å²) in [7, 11) is 4.47. The molecule has 3 nitrogen and oxygen atoms in total. The molecule has 2 saturated heterocycles. The summed E-state index contributed by atoms with van der Waals surface area (Å²) in [5.41, 5.74) is 0. The van der Waals surface area contributed by atoms with Crippen LogP contribution in [0.15, 0.2) is 0 Å². The SMILES string of the molecule is CN1CCCN2CCCN(C)C12. The highest BCUT2D eigenvalue weighted by atomic mass is 15.5. The fraction of sp³-hybridized carbons (Fsp3) is 1.00. The van der Waals surface area contributed by atoms with E-state index in [-0.39, 0.29) is 0 Å². The van der Waals surface area contributed by atoms with Gasteiger partial charge in [0.2, 0.25) is 0 Å². The normalized spacial score (nSPS) is 30.5. The average molecular weight is 169 g/mol. The van der Waals surface area contributed by atoms with Gasteiger partial charge in [0, 0.05) is 26.2 Å². The van der Waals surface area contributed by atoms with Crippen molar-refractivity contribution >= 4 is 0 Å². The molecule has 0 spiro atoms. The van der Waals surface area contributed by atoms with E-state index in [4.69, 9.17) is 0 Å². The molecule has 0 aromatic rings. The number of hydrogen-bond donors (Lipinski definition) is 0. The summed E-state index contributed by atoms with van der Waals surface area (Å²) in [6.45, 7) is 5.09. The lowest BCUT2D eigenvalue weighted by atomic mass is 10.2. The van der Waals surface area contributed by atoms with E-state index in [1.54, 1.807) is 0 Å². The fourth-order valence-electron chi connectivity index (χ4n) is 2.51. The van der Waals surface area contributed by atoms with Crippen molar-refractivity contribution in [2.24, 2.45) is 0 Å². The van der Waals surface area contributed by atoms with E-state index in [1.165, 1.54) is 39.0 Å². The minimum Gasteiger partial charge on any atom is -0.279 e. The van der Waals surface area contributed by atoms with Gasteiger partial charge in [-0.15, -0.1) is 0 Å². The molecule has 2 fully saturated rings. The van der Waals surface area contributed by atoms with Gasteiger partial charge in [-0.3, -0.25) is 14.7 Å². The third-order valence-electron chi connectivity index (χ3n) is 3.03. The molecule has 3 heteroatoms. The summed E-state index contributed by atoms with van der Waals surface area (Å²) in [6.07, 6.45) is 3.26. The van der Waals surface area contributed by atoms with Crippen LogP contribution in [0.3, 0.4) is 0 Å². The van der Waals surface area contributed by atoms with E-state index >= 15 is 0 Å². The molecule has 0 unspecified atom stereocenters. The Labute approximate surface area is 74.9 Å². The predicted octanol–water partition coefficient (Wildman–Crippen LogP) is 0.243. The minimum atomic E-state index is 0.590. The lowest BCUT2D eigenvalue weighted by molar-refractivity contribution is -0.0971. The van der Waals surface area contributed by atoms with Crippen LogP contribution in [-0.4, -0.2) is 61.3 Å². The zero-order valence-corrected chi connectivity index (χ0v) is 8.16. The lowest BCUT2D eigenvalue weighted by Crippen LogP contribution is -2.62. The van der Waals surface area contributed by atoms with E-state index in [1.807, 2.05) is 0 Å². The van der Waals surface area contributed by atoms with Gasteiger partial charge in [0.05, 0.1) is 0 Å². The van der Waals surface area contributed by atoms with Crippen LogP contribution in [-0.2, 0) is 0 Å². The third kappa shape index (κ3) is 1.37. The molecule has 2 aliphatic heterocycles. The van der Waals surface area contributed by atoms with E-state index in [2.05, 4.69) is 28.8 Å². The summed E-state index contributed by atoms with van der Waals surface area (Å²) < 4.78 is 0. The van der Waals surface area contributed by atoms with Crippen molar-refractivity contribution in [1.29, 1.82) is 0 Å². The Bertz CT molecular complexity index is 144. The van der Waals surface area contributed by atoms with Gasteiger partial charge >= 0.3 is 0 Å². The fourth-order valence-corrected chi connectivity index (χ4v) is 2.51. The summed E-state index contributed by atoms with van der Waals surface area (Å²) in [4.78, 5) is 7.51. The molecule has 0 atom stereocenters. The van der Waals surface area contributed by atoms with Crippen molar-refractivity contribution < 1.29 is 0 Å². The maximum atomic E-state index is 2.59. The van der Waals surface area contributed by atoms with Gasteiger partial charge in [-0.25, -0.2) is 0 Å². The third-order valence-corrected chi connectivity index (χ3v) is 3.03. The first-order valence-electron chi connectivity index (χ1n) is 4.93. The zero-order chi connectivity index (χ0) is 8.55. The molecule has 70 valence electrons. The van der Waals surface area contributed by atoms with Gasteiger partial charge in [-0.2, -0.15) is 0 Å². The molecule has 12 heavy (non-hydrogen) atoms. The Kier molecular flexibility index (Phi) is 2.35. The van der Waals surface area contributed by atoms with Gasteiger partial charge in [-0.1, -0.05) is 0 Å². The summed E-state index contributed by atoms with van der Waals surface area (Å²) in [5.74, 6) is 0. The van der Waals surface area contributed by atoms with Crippen LogP contribution < -0.4 is 0 Å². The Morgan fingerprint density at radius 3 is 1.75 bits per heavy atom. The molecule has 0 amide bonds. The lowest BCUT2D eigenvalue weighted by Gasteiger charge is -2.49. The molecule has 0 aromatic heterocycles. The molecule has 2 heterocycles. The Morgan fingerprint density at radius 1 is 0.833 bits per heavy atom. The van der Waals surface area contributed by atoms with Crippen LogP contribution in [0.2, 0.25) is 0 Å². The van der Waals surface area contributed by atoms with E-state index in [0.29, 0.717) is 6.29 Å². The van der Waals surface area contributed by atoms with Crippen molar-refractivity contribution in [2.45, 2.75) is 19.1 Å². The Hall–Kier alpha value is -0.120. The molecule has 0 saturated carbocycles. The Morgan fingerprint density at radius 2 is 1.33 bits per heavy atom. The average Bonchev–Trinajstić information content (AvgIpc) is 2.04. The second kappa shape index (κ2) is 3.32. The standard InChI is InChI=1S/C9H19N3/c1-10-5-3-7-12-8-4-6-11(2)9(10)12/h9H,3-8H2,1-2H3. The van der Waals surface area contributed by atoms with Crippen molar-refractivity contribution in [3.05, 3.63) is 0 Å². The van der Waals surface area contributed by atoms with Crippen molar-refractivity contribution in [3.8, 4) is 0 Å². The monoisotopic (exact) mass is 169 g/mol. The second-order valence-electron chi connectivity index (χ2n) is 4.05. The second-order valence-corrected chi connectivity index (χ2v) is 4.05. The van der Waals surface area contributed by atoms with Gasteiger partial charge in [0.15, 0.2) is 0 Å². The molecular weight excluding hydrogens is 150 g/mol. The van der Waals surface area contributed by atoms with E-state index in [0.717, 1.165) is 0 Å². The first-order chi connectivity index (χ1) is 5.79. The highest BCUT2D eigenvalue weighted by Gasteiger charge is 2.32. The molecule has 2 aliphatic rings. The van der Waals surface area contributed by atoms with Crippen LogP contribution in [0.4, 0.5) is 0 Å². The number of fused-ring (bicyclic) bond motifs is 1. The number of nitrogens with zero attached hydrogens (tertiary/aromatic N) is 3. The van der Waals surface area contributed by atoms with Crippen LogP contribution in [0, 0.1) is 0 Å². The van der Waals surface area contributed by atoms with Crippen LogP contribution in [0.5, 0.6) is 0 Å². The quantitative estimate of drug-likeness (QED) is 0.514. The summed E-state index contributed by atoms with van der Waals surface area (Å²) >= 11 is 0. The smallest absolute Gasteiger partial charge is 0.119 e. The van der Waals surface area contributed by atoms with E-state index < -0.39 is 0 Å². The maximum Gasteiger partial charge on any atom is 0.119 e. The van der Waals surface area contributed by atoms with Crippen molar-refractivity contribution in [1.82, 2.24) is 14.7 Å². The zero-order valence-electron chi connectivity index (χ0n) is 8.16. The van der Waals surface area contributed by atoms with Crippen molar-refractivity contribution in [3.63, 3.8) is 0 Å². The minimum absolute atomic E-state index is 0.590. The van der Waals surface area contributed by atoms with Gasteiger partial charge < -0.3 is 0 Å². The van der Waals surface area contributed by atoms with E-state index in [9.17, 15) is 0 Å². The van der Waals surface area contributed by atoms with Crippen LogP contribution in [0.25, 0.3) is 0 Å². The topological polar surface area (TPSA) is 9.72 Å². The van der Waals surface area contributed by atoms with Crippen LogP contribution >= 0.6 is 0 Å². The highest BCUT2D eigenvalue weighted by Crippen LogP contribution is 2.19. The Balaban J connectivity index is 2.07. The maximum absolute atomic E-state index is 2.59. The molecule has 0 N–H and O–H groups in total. The summed E-state index contributed by atoms with van der Waals surface area (Å²) in [6, 6.07) is 0. The van der Waals surface area contributed by atoms with Crippen molar-refractivity contribution in [2.75, 3.05) is 40.3 Å². The first-order valence-corrected chi connectivity index (χ1v) is 4.93. The first kappa shape index (κ1) is 8.48. The van der Waals surface area contributed by atoms with Crippen LogP contribution in [0.1, 0.15) is 12.8 Å². The number of rotatable bonds is 0. The summed E-state index contributed by atoms with van der Waals surface area (Å²) in [5, 5.41) is 0. The molecule has 0 aliphatic carbocycles. The molecule has 2 rings (SSSR count). The van der Waals surface area contributed by atoms with Gasteiger partial charge in [0.25, 0.3) is 0 Å². The molecule has 0 bridgehead atoms. The molecular formula is C9H19N3. The largest absolute Gasteiger partial charge is 0.279 e. The molecule has 0 radical (unpaired) electrons. The highest BCUT2D eigenvalue weighted by molar-refractivity contribution is 4.80. The number of hydrogen-bond acceptors (Lipinski definition) is 3. The van der Waals surface area contributed by atoms with Gasteiger partial charge in [-0.05, 0) is 26.9 Å².